The highest BCUT2D eigenvalue weighted by Crippen LogP contribution is 2.32. The Kier molecular flexibility index (Phi) is 7.75. The second kappa shape index (κ2) is 11.7. The predicted molar refractivity (Wildman–Crippen MR) is 161 cm³/mol. The molecule has 0 amide bonds. The number of benzene rings is 5. The van der Waals surface area contributed by atoms with Crippen LogP contribution in [0.15, 0.2) is 121 Å². The van der Waals surface area contributed by atoms with E-state index in [9.17, 15) is 5.26 Å². The lowest BCUT2D eigenvalue weighted by molar-refractivity contribution is 0.306. The predicted octanol–water partition coefficient (Wildman–Crippen LogP) is 8.92. The molecule has 0 aliphatic carbocycles. The van der Waals surface area contributed by atoms with Gasteiger partial charge < -0.3 is 10.1 Å². The Hall–Kier alpha value is -4.81. The summed E-state index contributed by atoms with van der Waals surface area (Å²) >= 11 is 0. The average Bonchev–Trinajstić information content (AvgIpc) is 2.97. The van der Waals surface area contributed by atoms with Crippen LogP contribution in [0.4, 0.5) is 5.69 Å². The van der Waals surface area contributed by atoms with E-state index in [1.807, 2.05) is 12.1 Å². The summed E-state index contributed by atoms with van der Waals surface area (Å²) in [6.07, 6.45) is 0.816. The largest absolute Gasteiger partial charge is 0.489 e. The number of nitrogens with one attached hydrogen (secondary N) is 1. The molecular weight excluding hydrogens is 476 g/mol. The fraction of sp³-hybridized carbons (Fsp3) is 0.139. The van der Waals surface area contributed by atoms with Crippen molar-refractivity contribution in [3.63, 3.8) is 0 Å². The molecule has 5 aromatic rings. The molecule has 0 aromatic heterocycles. The summed E-state index contributed by atoms with van der Waals surface area (Å²) in [5, 5.41) is 15.4. The Morgan fingerprint density at radius 3 is 2.49 bits per heavy atom. The second-order valence-electron chi connectivity index (χ2n) is 9.96. The molecule has 0 aliphatic rings. The molecule has 0 fully saturated rings. The average molecular weight is 509 g/mol. The lowest BCUT2D eigenvalue weighted by Gasteiger charge is -2.22. The van der Waals surface area contributed by atoms with E-state index in [1.54, 1.807) is 12.1 Å². The van der Waals surface area contributed by atoms with Gasteiger partial charge in [-0.05, 0) is 76.2 Å². The first-order valence-corrected chi connectivity index (χ1v) is 13.2. The van der Waals surface area contributed by atoms with Gasteiger partial charge in [0.1, 0.15) is 12.4 Å². The molecule has 3 nitrogen and oxygen atoms in total. The van der Waals surface area contributed by atoms with Gasteiger partial charge in [-0.25, -0.2) is 0 Å². The Bertz CT molecular complexity index is 1670. The molecule has 5 rings (SSSR count). The monoisotopic (exact) mass is 508 g/mol. The number of fused-ring (bicyclic) bond motifs is 1. The SMILES string of the molecule is C=C(Nc1cc(COc2cccc(C#N)c2)ccc1Cc1ccccc1C)C(C)c1cccc2ccccc12. The molecule has 1 unspecified atom stereocenters. The van der Waals surface area contributed by atoms with Gasteiger partial charge in [-0.2, -0.15) is 5.26 Å². The topological polar surface area (TPSA) is 45.0 Å². The zero-order chi connectivity index (χ0) is 27.2. The smallest absolute Gasteiger partial charge is 0.121 e. The fourth-order valence-corrected chi connectivity index (χ4v) is 4.92. The molecule has 0 radical (unpaired) electrons. The van der Waals surface area contributed by atoms with Gasteiger partial charge in [0.2, 0.25) is 0 Å². The highest BCUT2D eigenvalue weighted by molar-refractivity contribution is 5.86. The molecule has 0 bridgehead atoms. The van der Waals surface area contributed by atoms with Gasteiger partial charge >= 0.3 is 0 Å². The third-order valence-corrected chi connectivity index (χ3v) is 7.29. The number of hydrogen-bond donors (Lipinski definition) is 1. The van der Waals surface area contributed by atoms with E-state index in [4.69, 9.17) is 4.74 Å². The number of nitriles is 1. The van der Waals surface area contributed by atoms with E-state index < -0.39 is 0 Å². The molecule has 1 atom stereocenters. The molecule has 0 saturated heterocycles. The first kappa shape index (κ1) is 25.8. The molecule has 0 aliphatic heterocycles. The third-order valence-electron chi connectivity index (χ3n) is 7.29. The van der Waals surface area contributed by atoms with Crippen LogP contribution in [0.3, 0.4) is 0 Å². The van der Waals surface area contributed by atoms with Crippen LogP contribution in [0.2, 0.25) is 0 Å². The Morgan fingerprint density at radius 1 is 0.872 bits per heavy atom. The van der Waals surface area contributed by atoms with Crippen LogP contribution in [0, 0.1) is 18.3 Å². The molecule has 3 heteroatoms. The lowest BCUT2D eigenvalue weighted by Crippen LogP contribution is -2.10. The van der Waals surface area contributed by atoms with Gasteiger partial charge in [-0.15, -0.1) is 0 Å². The van der Waals surface area contributed by atoms with Gasteiger partial charge in [0.05, 0.1) is 11.6 Å². The van der Waals surface area contributed by atoms with Crippen molar-refractivity contribution < 1.29 is 4.74 Å². The number of nitrogens with zero attached hydrogens (tertiary/aromatic N) is 1. The van der Waals surface area contributed by atoms with Crippen molar-refractivity contribution in [3.8, 4) is 11.8 Å². The summed E-state index contributed by atoms with van der Waals surface area (Å²) in [7, 11) is 0. The van der Waals surface area contributed by atoms with Gasteiger partial charge in [-0.3, -0.25) is 0 Å². The second-order valence-corrected chi connectivity index (χ2v) is 9.96. The van der Waals surface area contributed by atoms with Crippen molar-refractivity contribution in [2.75, 3.05) is 5.32 Å². The van der Waals surface area contributed by atoms with Crippen LogP contribution < -0.4 is 10.1 Å². The van der Waals surface area contributed by atoms with Crippen molar-refractivity contribution >= 4 is 16.5 Å². The highest BCUT2D eigenvalue weighted by Gasteiger charge is 2.15. The number of rotatable bonds is 9. The lowest BCUT2D eigenvalue weighted by atomic mass is 9.92. The summed E-state index contributed by atoms with van der Waals surface area (Å²) in [4.78, 5) is 0. The number of ether oxygens (including phenoxy) is 1. The van der Waals surface area contributed by atoms with E-state index in [0.29, 0.717) is 17.9 Å². The minimum Gasteiger partial charge on any atom is -0.489 e. The van der Waals surface area contributed by atoms with E-state index in [-0.39, 0.29) is 5.92 Å². The summed E-state index contributed by atoms with van der Waals surface area (Å²) in [5.41, 5.74) is 8.62. The molecule has 0 saturated carbocycles. The van der Waals surface area contributed by atoms with Gasteiger partial charge in [0.25, 0.3) is 0 Å². The number of anilines is 1. The van der Waals surface area contributed by atoms with Crippen molar-refractivity contribution in [2.45, 2.75) is 32.8 Å². The summed E-state index contributed by atoms with van der Waals surface area (Å²) in [5.74, 6) is 0.789. The molecule has 192 valence electrons. The van der Waals surface area contributed by atoms with Crippen molar-refractivity contribution in [3.05, 3.63) is 155 Å². The Labute approximate surface area is 231 Å². The number of allylic oxidation sites excluding steroid dienone is 1. The van der Waals surface area contributed by atoms with Crippen LogP contribution in [-0.2, 0) is 13.0 Å². The van der Waals surface area contributed by atoms with Crippen LogP contribution in [-0.4, -0.2) is 0 Å². The van der Waals surface area contributed by atoms with Crippen molar-refractivity contribution in [1.82, 2.24) is 0 Å². The molecule has 0 heterocycles. The molecular formula is C36H32N2O. The van der Waals surface area contributed by atoms with Crippen molar-refractivity contribution in [2.24, 2.45) is 0 Å². The van der Waals surface area contributed by atoms with Crippen LogP contribution >= 0.6 is 0 Å². The maximum atomic E-state index is 9.20. The van der Waals surface area contributed by atoms with E-state index in [1.165, 1.54) is 33.0 Å². The Balaban J connectivity index is 1.43. The maximum Gasteiger partial charge on any atom is 0.121 e. The van der Waals surface area contributed by atoms with Crippen LogP contribution in [0.1, 0.15) is 46.2 Å². The third kappa shape index (κ3) is 6.03. The van der Waals surface area contributed by atoms with E-state index in [2.05, 4.69) is 117 Å². The zero-order valence-electron chi connectivity index (χ0n) is 22.4. The number of aryl methyl sites for hydroxylation is 1. The molecule has 39 heavy (non-hydrogen) atoms. The minimum atomic E-state index is 0.107. The van der Waals surface area contributed by atoms with Gasteiger partial charge in [0, 0.05) is 17.3 Å². The normalized spacial score (nSPS) is 11.5. The number of hydrogen-bond acceptors (Lipinski definition) is 3. The van der Waals surface area contributed by atoms with Crippen molar-refractivity contribution in [1.29, 1.82) is 5.26 Å². The zero-order valence-corrected chi connectivity index (χ0v) is 22.4. The fourth-order valence-electron chi connectivity index (χ4n) is 4.92. The quantitative estimate of drug-likeness (QED) is 0.216. The highest BCUT2D eigenvalue weighted by atomic mass is 16.5. The standard InChI is InChI=1S/C36H32N2O/c1-25-10-4-5-13-31(25)22-32-19-18-29(24-39-33-15-8-11-28(20-33)23-37)21-36(32)38-27(3)26(2)34-17-9-14-30-12-6-7-16-35(30)34/h4-21,26,38H,3,22,24H2,1-2H3. The summed E-state index contributed by atoms with van der Waals surface area (Å²) < 4.78 is 6.04. The minimum absolute atomic E-state index is 0.107. The van der Waals surface area contributed by atoms with Crippen LogP contribution in [0.5, 0.6) is 5.75 Å². The maximum absolute atomic E-state index is 9.20. The van der Waals surface area contributed by atoms with Gasteiger partial charge in [0.15, 0.2) is 0 Å². The summed E-state index contributed by atoms with van der Waals surface area (Å²) in [6, 6.07) is 39.3. The summed E-state index contributed by atoms with van der Waals surface area (Å²) in [6.45, 7) is 9.23. The first-order valence-electron chi connectivity index (χ1n) is 13.2. The van der Waals surface area contributed by atoms with E-state index >= 15 is 0 Å². The van der Waals surface area contributed by atoms with Gasteiger partial charge in [-0.1, -0.05) is 98.4 Å². The molecule has 1 N–H and O–H groups in total. The van der Waals surface area contributed by atoms with Crippen LogP contribution in [0.25, 0.3) is 10.8 Å². The Morgan fingerprint density at radius 2 is 1.64 bits per heavy atom. The molecule has 5 aromatic carbocycles. The first-order chi connectivity index (χ1) is 19.0. The van der Waals surface area contributed by atoms with E-state index in [0.717, 1.165) is 23.4 Å². The molecule has 0 spiro atoms.